The van der Waals surface area contributed by atoms with Gasteiger partial charge in [0.2, 0.25) is 0 Å². The minimum Gasteiger partial charge on any atom is -0.469 e. The van der Waals surface area contributed by atoms with Gasteiger partial charge in [0.05, 0.1) is 14.2 Å². The Bertz CT molecular complexity index is 365. The summed E-state index contributed by atoms with van der Waals surface area (Å²) in [5, 5.41) is 0. The van der Waals surface area contributed by atoms with Gasteiger partial charge in [-0.15, -0.1) is 0 Å². The van der Waals surface area contributed by atoms with Crippen molar-refractivity contribution in [2.75, 3.05) is 14.2 Å². The molecule has 160 valence electrons. The van der Waals surface area contributed by atoms with Crippen LogP contribution in [0.2, 0.25) is 0 Å². The molecule has 4 heteroatoms. The zero-order chi connectivity index (χ0) is 20.3. The van der Waals surface area contributed by atoms with Gasteiger partial charge >= 0.3 is 11.9 Å². The minimum absolute atomic E-state index is 0.0721. The first-order chi connectivity index (χ1) is 13.0. The van der Waals surface area contributed by atoms with Crippen LogP contribution in [0.25, 0.3) is 0 Å². The molecule has 0 bridgehead atoms. The molecule has 0 aliphatic heterocycles. The van der Waals surface area contributed by atoms with Crippen LogP contribution in [-0.4, -0.2) is 26.2 Å². The molecule has 27 heavy (non-hydrogen) atoms. The van der Waals surface area contributed by atoms with E-state index >= 15 is 0 Å². The minimum atomic E-state index is -0.0850. The standard InChI is InChI=1S/C23H44O4/c1-20(2)21(19-23(25)27-4)17-15-13-11-9-7-5-6-8-10-12-14-16-18-22(24)26-3/h20-21H,5-19H2,1-4H3. The Kier molecular flexibility index (Phi) is 17.6. The van der Waals surface area contributed by atoms with E-state index < -0.39 is 0 Å². The molecule has 0 rings (SSSR count). The fourth-order valence-corrected chi connectivity index (χ4v) is 3.51. The number of ether oxygens (including phenoxy) is 2. The second-order valence-corrected chi connectivity index (χ2v) is 8.14. The molecule has 0 saturated carbocycles. The van der Waals surface area contributed by atoms with Crippen LogP contribution in [0.3, 0.4) is 0 Å². The maximum atomic E-state index is 11.5. The fourth-order valence-electron chi connectivity index (χ4n) is 3.51. The van der Waals surface area contributed by atoms with Crippen molar-refractivity contribution < 1.29 is 19.1 Å². The highest BCUT2D eigenvalue weighted by Crippen LogP contribution is 2.23. The number of unbranched alkanes of at least 4 members (excludes halogenated alkanes) is 11. The predicted molar refractivity (Wildman–Crippen MR) is 112 cm³/mol. The van der Waals surface area contributed by atoms with Crippen LogP contribution in [0.4, 0.5) is 0 Å². The number of esters is 2. The van der Waals surface area contributed by atoms with Gasteiger partial charge in [-0.05, 0) is 24.7 Å². The first-order valence-electron chi connectivity index (χ1n) is 11.1. The lowest BCUT2D eigenvalue weighted by atomic mass is 9.87. The Morgan fingerprint density at radius 1 is 0.630 bits per heavy atom. The van der Waals surface area contributed by atoms with Crippen LogP contribution in [0.15, 0.2) is 0 Å². The van der Waals surface area contributed by atoms with Crippen molar-refractivity contribution in [2.45, 2.75) is 110 Å². The molecule has 0 saturated heterocycles. The van der Waals surface area contributed by atoms with Crippen molar-refractivity contribution >= 4 is 11.9 Å². The molecule has 0 heterocycles. The Labute approximate surface area is 167 Å². The van der Waals surface area contributed by atoms with Gasteiger partial charge in [0.15, 0.2) is 0 Å². The SMILES string of the molecule is COC(=O)CCCCCCCCCCCCCCC(CC(=O)OC)C(C)C. The van der Waals surface area contributed by atoms with E-state index in [4.69, 9.17) is 4.74 Å². The highest BCUT2D eigenvalue weighted by atomic mass is 16.5. The summed E-state index contributed by atoms with van der Waals surface area (Å²) in [4.78, 5) is 22.4. The Morgan fingerprint density at radius 2 is 1.04 bits per heavy atom. The second-order valence-electron chi connectivity index (χ2n) is 8.14. The van der Waals surface area contributed by atoms with Gasteiger partial charge < -0.3 is 9.47 Å². The summed E-state index contributed by atoms with van der Waals surface area (Å²) in [5.74, 6) is 0.852. The van der Waals surface area contributed by atoms with E-state index in [1.165, 1.54) is 78.4 Å². The Hall–Kier alpha value is -1.06. The molecular weight excluding hydrogens is 340 g/mol. The molecule has 0 aromatic carbocycles. The van der Waals surface area contributed by atoms with Crippen LogP contribution in [0, 0.1) is 11.8 Å². The van der Waals surface area contributed by atoms with E-state index in [0.717, 1.165) is 19.3 Å². The zero-order valence-corrected chi connectivity index (χ0v) is 18.4. The molecule has 4 nitrogen and oxygen atoms in total. The van der Waals surface area contributed by atoms with Gasteiger partial charge in [-0.25, -0.2) is 0 Å². The highest BCUT2D eigenvalue weighted by Gasteiger charge is 2.17. The molecule has 1 unspecified atom stereocenters. The van der Waals surface area contributed by atoms with E-state index in [2.05, 4.69) is 18.6 Å². The monoisotopic (exact) mass is 384 g/mol. The first-order valence-corrected chi connectivity index (χ1v) is 11.1. The molecular formula is C23H44O4. The molecule has 0 aromatic rings. The normalized spacial score (nSPS) is 12.2. The van der Waals surface area contributed by atoms with Crippen molar-refractivity contribution in [3.8, 4) is 0 Å². The Morgan fingerprint density at radius 3 is 1.44 bits per heavy atom. The summed E-state index contributed by atoms with van der Waals surface area (Å²) >= 11 is 0. The number of rotatable bonds is 18. The number of carbonyl (C=O) groups is 2. The summed E-state index contributed by atoms with van der Waals surface area (Å²) in [6.45, 7) is 4.40. The molecule has 0 amide bonds. The van der Waals surface area contributed by atoms with Crippen molar-refractivity contribution in [3.63, 3.8) is 0 Å². The fraction of sp³-hybridized carbons (Fsp3) is 0.913. The maximum Gasteiger partial charge on any atom is 0.305 e. The van der Waals surface area contributed by atoms with Gasteiger partial charge in [0.1, 0.15) is 0 Å². The van der Waals surface area contributed by atoms with Crippen molar-refractivity contribution in [2.24, 2.45) is 11.8 Å². The molecule has 0 spiro atoms. The van der Waals surface area contributed by atoms with E-state index in [-0.39, 0.29) is 11.9 Å². The third-order valence-electron chi connectivity index (χ3n) is 5.53. The van der Waals surface area contributed by atoms with Crippen LogP contribution in [-0.2, 0) is 19.1 Å². The first kappa shape index (κ1) is 25.9. The van der Waals surface area contributed by atoms with Crippen molar-refractivity contribution in [1.82, 2.24) is 0 Å². The molecule has 0 aliphatic carbocycles. The van der Waals surface area contributed by atoms with Crippen molar-refractivity contribution in [3.05, 3.63) is 0 Å². The predicted octanol–water partition coefficient (Wildman–Crippen LogP) is 6.46. The summed E-state index contributed by atoms with van der Waals surface area (Å²) in [6, 6.07) is 0. The molecule has 0 aliphatic rings. The average Bonchev–Trinajstić information content (AvgIpc) is 2.66. The molecule has 0 radical (unpaired) electrons. The van der Waals surface area contributed by atoms with Gasteiger partial charge in [-0.3, -0.25) is 9.59 Å². The summed E-state index contributed by atoms with van der Waals surface area (Å²) in [5.41, 5.74) is 0. The quantitative estimate of drug-likeness (QED) is 0.201. The van der Waals surface area contributed by atoms with Crippen molar-refractivity contribution in [1.29, 1.82) is 0 Å². The lowest BCUT2D eigenvalue weighted by molar-refractivity contribution is -0.142. The number of carbonyl (C=O) groups excluding carboxylic acids is 2. The van der Waals surface area contributed by atoms with Crippen LogP contribution < -0.4 is 0 Å². The van der Waals surface area contributed by atoms with Gasteiger partial charge in [-0.1, -0.05) is 84.5 Å². The number of hydrogen-bond acceptors (Lipinski definition) is 4. The third-order valence-corrected chi connectivity index (χ3v) is 5.53. The van der Waals surface area contributed by atoms with Crippen LogP contribution >= 0.6 is 0 Å². The van der Waals surface area contributed by atoms with Gasteiger partial charge in [0, 0.05) is 12.8 Å². The molecule has 0 aromatic heterocycles. The maximum absolute atomic E-state index is 11.5. The highest BCUT2D eigenvalue weighted by molar-refractivity contribution is 5.69. The van der Waals surface area contributed by atoms with Gasteiger partial charge in [-0.2, -0.15) is 0 Å². The lowest BCUT2D eigenvalue weighted by Crippen LogP contribution is -2.15. The van der Waals surface area contributed by atoms with E-state index in [1.807, 2.05) is 0 Å². The smallest absolute Gasteiger partial charge is 0.305 e. The largest absolute Gasteiger partial charge is 0.469 e. The molecule has 0 N–H and O–H groups in total. The number of hydrogen-bond donors (Lipinski definition) is 0. The van der Waals surface area contributed by atoms with Crippen LogP contribution in [0.1, 0.15) is 110 Å². The summed E-state index contributed by atoms with van der Waals surface area (Å²) < 4.78 is 9.45. The van der Waals surface area contributed by atoms with Crippen LogP contribution in [0.5, 0.6) is 0 Å². The summed E-state index contributed by atoms with van der Waals surface area (Å²) in [7, 11) is 2.93. The van der Waals surface area contributed by atoms with E-state index in [9.17, 15) is 9.59 Å². The second kappa shape index (κ2) is 18.3. The molecule has 1 atom stereocenters. The van der Waals surface area contributed by atoms with Gasteiger partial charge in [0.25, 0.3) is 0 Å². The zero-order valence-electron chi connectivity index (χ0n) is 18.4. The molecule has 0 fully saturated rings. The Balaban J connectivity index is 3.37. The third kappa shape index (κ3) is 16.8. The number of methoxy groups -OCH3 is 2. The average molecular weight is 385 g/mol. The van der Waals surface area contributed by atoms with E-state index in [1.54, 1.807) is 0 Å². The topological polar surface area (TPSA) is 52.6 Å². The summed E-state index contributed by atoms with van der Waals surface area (Å²) in [6.07, 6.45) is 17.4. The lowest BCUT2D eigenvalue weighted by Gasteiger charge is -2.19. The van der Waals surface area contributed by atoms with E-state index in [0.29, 0.717) is 24.7 Å².